The summed E-state index contributed by atoms with van der Waals surface area (Å²) in [5.74, 6) is 0.284. The third kappa shape index (κ3) is 6.32. The highest BCUT2D eigenvalue weighted by Gasteiger charge is 2.25. The van der Waals surface area contributed by atoms with Gasteiger partial charge in [-0.25, -0.2) is 0 Å². The molecule has 1 aromatic carbocycles. The Labute approximate surface area is 140 Å². The zero-order valence-corrected chi connectivity index (χ0v) is 14.3. The van der Waals surface area contributed by atoms with E-state index >= 15 is 0 Å². The fourth-order valence-electron chi connectivity index (χ4n) is 3.06. The van der Waals surface area contributed by atoms with E-state index in [9.17, 15) is 4.79 Å². The number of amides is 1. The second-order valence-electron chi connectivity index (χ2n) is 6.19. The summed E-state index contributed by atoms with van der Waals surface area (Å²) in [5.41, 5.74) is 1.30. The van der Waals surface area contributed by atoms with E-state index in [1.54, 1.807) is 0 Å². The largest absolute Gasteiger partial charge is 0.381 e. The molecule has 2 rings (SSSR count). The van der Waals surface area contributed by atoms with Gasteiger partial charge in [-0.15, -0.1) is 0 Å². The average molecular weight is 318 g/mol. The lowest BCUT2D eigenvalue weighted by molar-refractivity contribution is -0.133. The maximum absolute atomic E-state index is 12.4. The number of hydrogen-bond donors (Lipinski definition) is 1. The summed E-state index contributed by atoms with van der Waals surface area (Å²) in [7, 11) is 0. The number of ether oxygens (including phenoxy) is 1. The molecule has 1 saturated heterocycles. The normalized spacial score (nSPS) is 17.3. The topological polar surface area (TPSA) is 41.6 Å². The van der Waals surface area contributed by atoms with Crippen LogP contribution in [0.15, 0.2) is 30.3 Å². The lowest BCUT2D eigenvalue weighted by atomic mass is 10.1. The molecule has 0 bridgehead atoms. The van der Waals surface area contributed by atoms with Crippen molar-refractivity contribution in [2.45, 2.75) is 45.1 Å². The Morgan fingerprint density at radius 1 is 1.30 bits per heavy atom. The summed E-state index contributed by atoms with van der Waals surface area (Å²) in [6.45, 7) is 6.38. The minimum atomic E-state index is 0.284. The minimum absolute atomic E-state index is 0.284. The number of hydrogen-bond acceptors (Lipinski definition) is 3. The second-order valence-corrected chi connectivity index (χ2v) is 6.19. The molecule has 1 amide bonds. The van der Waals surface area contributed by atoms with Crippen LogP contribution in [0, 0.1) is 0 Å². The van der Waals surface area contributed by atoms with Gasteiger partial charge < -0.3 is 15.0 Å². The predicted molar refractivity (Wildman–Crippen MR) is 93.5 cm³/mol. The van der Waals surface area contributed by atoms with Crippen molar-refractivity contribution >= 4 is 5.91 Å². The van der Waals surface area contributed by atoms with Gasteiger partial charge >= 0.3 is 0 Å². The number of carbonyl (C=O) groups is 1. The van der Waals surface area contributed by atoms with Gasteiger partial charge in [0.15, 0.2) is 0 Å². The Kier molecular flexibility index (Phi) is 8.12. The fourth-order valence-corrected chi connectivity index (χ4v) is 3.06. The number of nitrogens with one attached hydrogen (secondary N) is 1. The Hall–Kier alpha value is -1.39. The van der Waals surface area contributed by atoms with Gasteiger partial charge in [0.2, 0.25) is 5.91 Å². The third-order valence-corrected chi connectivity index (χ3v) is 4.32. The fraction of sp³-hybridized carbons (Fsp3) is 0.632. The highest BCUT2D eigenvalue weighted by Crippen LogP contribution is 2.12. The summed E-state index contributed by atoms with van der Waals surface area (Å²) >= 11 is 0. The quantitative estimate of drug-likeness (QED) is 0.674. The average Bonchev–Trinajstić information content (AvgIpc) is 3.10. The molecule has 0 aliphatic carbocycles. The molecule has 0 aromatic heterocycles. The lowest BCUT2D eigenvalue weighted by Gasteiger charge is -2.28. The molecule has 1 aromatic rings. The molecule has 0 saturated carbocycles. The third-order valence-electron chi connectivity index (χ3n) is 4.32. The molecule has 4 nitrogen and oxygen atoms in total. The Morgan fingerprint density at radius 2 is 2.13 bits per heavy atom. The van der Waals surface area contributed by atoms with Crippen LogP contribution >= 0.6 is 0 Å². The smallest absolute Gasteiger partial charge is 0.222 e. The van der Waals surface area contributed by atoms with Crippen LogP contribution < -0.4 is 5.32 Å². The molecule has 1 N–H and O–H groups in total. The van der Waals surface area contributed by atoms with Crippen LogP contribution in [0.4, 0.5) is 0 Å². The van der Waals surface area contributed by atoms with E-state index in [-0.39, 0.29) is 5.91 Å². The molecule has 1 atom stereocenters. The first-order chi connectivity index (χ1) is 11.3. The molecule has 1 heterocycles. The number of rotatable bonds is 10. The second kappa shape index (κ2) is 10.4. The van der Waals surface area contributed by atoms with Gasteiger partial charge in [0.1, 0.15) is 0 Å². The molecule has 23 heavy (non-hydrogen) atoms. The van der Waals surface area contributed by atoms with Crippen LogP contribution in [0.5, 0.6) is 0 Å². The zero-order valence-electron chi connectivity index (χ0n) is 14.3. The maximum atomic E-state index is 12.4. The van der Waals surface area contributed by atoms with E-state index in [1.807, 2.05) is 18.2 Å². The SMILES string of the molecule is CCCN(C(=O)CCCOCCc1ccccc1)C1CCNC1. The van der Waals surface area contributed by atoms with Crippen molar-refractivity contribution in [3.8, 4) is 0 Å². The van der Waals surface area contributed by atoms with E-state index in [0.717, 1.165) is 51.9 Å². The molecule has 0 radical (unpaired) electrons. The van der Waals surface area contributed by atoms with E-state index in [0.29, 0.717) is 19.1 Å². The van der Waals surface area contributed by atoms with E-state index in [4.69, 9.17) is 4.74 Å². The Balaban J connectivity index is 1.59. The molecule has 1 unspecified atom stereocenters. The standard InChI is InChI=1S/C19H30N2O2/c1-2-13-21(18-10-12-20-16-18)19(22)9-6-14-23-15-11-17-7-4-3-5-8-17/h3-5,7-8,18,20H,2,6,9-16H2,1H3. The van der Waals surface area contributed by atoms with Crippen LogP contribution in [-0.2, 0) is 16.0 Å². The molecule has 1 fully saturated rings. The first-order valence-electron chi connectivity index (χ1n) is 8.93. The van der Waals surface area contributed by atoms with Gasteiger partial charge in [0.05, 0.1) is 6.61 Å². The van der Waals surface area contributed by atoms with E-state index in [2.05, 4.69) is 29.3 Å². The molecule has 1 aliphatic heterocycles. The lowest BCUT2D eigenvalue weighted by Crippen LogP contribution is -2.42. The maximum Gasteiger partial charge on any atom is 0.222 e. The van der Waals surface area contributed by atoms with Gasteiger partial charge in [-0.2, -0.15) is 0 Å². The molecular weight excluding hydrogens is 288 g/mol. The summed E-state index contributed by atoms with van der Waals surface area (Å²) in [6, 6.07) is 10.7. The zero-order chi connectivity index (χ0) is 16.3. The molecule has 128 valence electrons. The van der Waals surface area contributed by atoms with Crippen molar-refractivity contribution < 1.29 is 9.53 Å². The molecular formula is C19H30N2O2. The van der Waals surface area contributed by atoms with Crippen molar-refractivity contribution in [1.29, 1.82) is 0 Å². The number of nitrogens with zero attached hydrogens (tertiary/aromatic N) is 1. The predicted octanol–water partition coefficient (Wildman–Crippen LogP) is 2.63. The minimum Gasteiger partial charge on any atom is -0.381 e. The highest BCUT2D eigenvalue weighted by molar-refractivity contribution is 5.76. The van der Waals surface area contributed by atoms with Crippen molar-refractivity contribution in [3.63, 3.8) is 0 Å². The van der Waals surface area contributed by atoms with Gasteiger partial charge in [0, 0.05) is 32.2 Å². The summed E-state index contributed by atoms with van der Waals surface area (Å²) in [6.07, 6.45) is 4.45. The van der Waals surface area contributed by atoms with Crippen molar-refractivity contribution in [2.24, 2.45) is 0 Å². The summed E-state index contributed by atoms with van der Waals surface area (Å²) < 4.78 is 5.67. The van der Waals surface area contributed by atoms with Gasteiger partial charge in [-0.3, -0.25) is 4.79 Å². The van der Waals surface area contributed by atoms with Crippen molar-refractivity contribution in [3.05, 3.63) is 35.9 Å². The van der Waals surface area contributed by atoms with Gasteiger partial charge in [-0.1, -0.05) is 37.3 Å². The Bertz CT molecular complexity index is 444. The summed E-state index contributed by atoms with van der Waals surface area (Å²) in [5, 5.41) is 3.35. The van der Waals surface area contributed by atoms with Crippen molar-refractivity contribution in [1.82, 2.24) is 10.2 Å². The monoisotopic (exact) mass is 318 g/mol. The number of benzene rings is 1. The van der Waals surface area contributed by atoms with Crippen molar-refractivity contribution in [2.75, 3.05) is 32.8 Å². The van der Waals surface area contributed by atoms with E-state index < -0.39 is 0 Å². The molecule has 1 aliphatic rings. The Morgan fingerprint density at radius 3 is 2.83 bits per heavy atom. The first-order valence-corrected chi connectivity index (χ1v) is 8.93. The van der Waals surface area contributed by atoms with E-state index in [1.165, 1.54) is 5.56 Å². The number of carbonyl (C=O) groups excluding carboxylic acids is 1. The first kappa shape index (κ1) is 18.0. The van der Waals surface area contributed by atoms with Crippen LogP contribution in [0.1, 0.15) is 38.2 Å². The highest BCUT2D eigenvalue weighted by atomic mass is 16.5. The molecule has 0 spiro atoms. The van der Waals surface area contributed by atoms with Crippen LogP contribution in [0.2, 0.25) is 0 Å². The summed E-state index contributed by atoms with van der Waals surface area (Å²) in [4.78, 5) is 14.5. The van der Waals surface area contributed by atoms with Crippen LogP contribution in [0.25, 0.3) is 0 Å². The van der Waals surface area contributed by atoms with Gasteiger partial charge in [-0.05, 0) is 37.8 Å². The molecule has 4 heteroatoms. The van der Waals surface area contributed by atoms with Crippen LogP contribution in [0.3, 0.4) is 0 Å². The van der Waals surface area contributed by atoms with Crippen LogP contribution in [-0.4, -0.2) is 49.7 Å². The van der Waals surface area contributed by atoms with Gasteiger partial charge in [0.25, 0.3) is 0 Å².